The Morgan fingerprint density at radius 1 is 1.10 bits per heavy atom. The zero-order valence-electron chi connectivity index (χ0n) is 17.5. The third-order valence-electron chi connectivity index (χ3n) is 4.66. The molecule has 0 aliphatic carbocycles. The minimum Gasteiger partial charge on any atom is -0.478 e. The predicted octanol–water partition coefficient (Wildman–Crippen LogP) is 1.82. The third-order valence-corrected chi connectivity index (χ3v) is 4.66. The van der Waals surface area contributed by atoms with Gasteiger partial charge in [-0.2, -0.15) is 0 Å². The van der Waals surface area contributed by atoms with Gasteiger partial charge in [0, 0.05) is 26.4 Å². The fourth-order valence-corrected chi connectivity index (χ4v) is 3.34. The molecule has 0 aromatic heterocycles. The molecule has 1 fully saturated rings. The van der Waals surface area contributed by atoms with E-state index in [1.54, 1.807) is 24.3 Å². The smallest absolute Gasteiger partial charge is 0.429 e. The van der Waals surface area contributed by atoms with Crippen molar-refractivity contribution in [1.82, 2.24) is 15.3 Å². The molecule has 0 unspecified atom stereocenters. The summed E-state index contributed by atoms with van der Waals surface area (Å²) in [7, 11) is 0. The molecule has 0 radical (unpaired) electrons. The van der Waals surface area contributed by atoms with Gasteiger partial charge in [-0.3, -0.25) is 9.59 Å². The Hall–Kier alpha value is -3.10. The fraction of sp³-hybridized carbons (Fsp3) is 0.524. The van der Waals surface area contributed by atoms with Gasteiger partial charge in [-0.05, 0) is 24.3 Å². The Bertz CT molecular complexity index is 767. The van der Waals surface area contributed by atoms with Crippen LogP contribution in [0.5, 0.6) is 0 Å². The Morgan fingerprint density at radius 3 is 2.30 bits per heavy atom. The molecule has 1 heterocycles. The number of carboxylic acids is 1. The second kappa shape index (κ2) is 10.6. The van der Waals surface area contributed by atoms with Crippen molar-refractivity contribution >= 4 is 23.9 Å². The average molecular weight is 419 g/mol. The number of nitrogens with zero attached hydrogens (tertiary/aromatic N) is 2. The Labute approximate surface area is 175 Å². The van der Waals surface area contributed by atoms with Crippen LogP contribution in [0.15, 0.2) is 30.3 Å². The largest absolute Gasteiger partial charge is 0.478 e. The number of aliphatic carboxylic acids is 1. The zero-order valence-corrected chi connectivity index (χ0v) is 17.5. The number of rotatable bonds is 8. The first kappa shape index (κ1) is 23.2. The van der Waals surface area contributed by atoms with E-state index in [4.69, 9.17) is 4.74 Å². The molecule has 0 bridgehead atoms. The van der Waals surface area contributed by atoms with E-state index in [1.807, 2.05) is 19.9 Å². The molecule has 1 aliphatic heterocycles. The van der Waals surface area contributed by atoms with Crippen LogP contribution in [0.25, 0.3) is 0 Å². The lowest BCUT2D eigenvalue weighted by atomic mass is 10.0. The number of hydrogen-bond acceptors (Lipinski definition) is 5. The highest BCUT2D eigenvalue weighted by molar-refractivity contribution is 5.88. The van der Waals surface area contributed by atoms with Crippen LogP contribution >= 0.6 is 0 Å². The summed E-state index contributed by atoms with van der Waals surface area (Å²) in [5, 5.41) is 14.5. The molecule has 2 atom stereocenters. The maximum atomic E-state index is 13.0. The molecule has 2 N–H and O–H groups in total. The lowest BCUT2D eigenvalue weighted by Crippen LogP contribution is -2.54. The number of carbonyl (C=O) groups excluding carboxylic acids is 3. The molecular formula is C21H29N3O6. The zero-order chi connectivity index (χ0) is 22.3. The SMILES string of the molecule is CC(=O)N[C@@H](CC(C)C)C(=O)N1CCCN1C(=O)O[C@@H](Cc1ccccc1)C(=O)O. The molecule has 30 heavy (non-hydrogen) atoms. The number of ether oxygens (including phenoxy) is 1. The van der Waals surface area contributed by atoms with Crippen molar-refractivity contribution in [3.63, 3.8) is 0 Å². The van der Waals surface area contributed by atoms with Gasteiger partial charge in [0.05, 0.1) is 0 Å². The topological polar surface area (TPSA) is 116 Å². The number of benzene rings is 1. The molecule has 1 aromatic rings. The summed E-state index contributed by atoms with van der Waals surface area (Å²) < 4.78 is 5.23. The van der Waals surface area contributed by atoms with E-state index < -0.39 is 30.1 Å². The lowest BCUT2D eigenvalue weighted by Gasteiger charge is -2.31. The molecule has 164 valence electrons. The van der Waals surface area contributed by atoms with E-state index in [0.29, 0.717) is 19.4 Å². The maximum absolute atomic E-state index is 13.0. The van der Waals surface area contributed by atoms with Gasteiger partial charge in [0.15, 0.2) is 0 Å². The molecule has 1 saturated heterocycles. The van der Waals surface area contributed by atoms with Gasteiger partial charge < -0.3 is 15.2 Å². The highest BCUT2D eigenvalue weighted by atomic mass is 16.6. The number of carbonyl (C=O) groups is 4. The van der Waals surface area contributed by atoms with Crippen LogP contribution in [-0.2, 0) is 25.5 Å². The molecular weight excluding hydrogens is 390 g/mol. The standard InChI is InChI=1S/C21H29N3O6/c1-14(2)12-17(22-15(3)25)19(26)23-10-7-11-24(23)21(29)30-18(20(27)28)13-16-8-5-4-6-9-16/h4-6,8-9,14,17-18H,7,10-13H2,1-3H3,(H,22,25)(H,27,28)/t17-,18-/m0/s1. The minimum absolute atomic E-state index is 0.0194. The molecule has 0 saturated carbocycles. The monoisotopic (exact) mass is 419 g/mol. The van der Waals surface area contributed by atoms with E-state index in [9.17, 15) is 24.3 Å². The number of hydrogen-bond donors (Lipinski definition) is 2. The summed E-state index contributed by atoms with van der Waals surface area (Å²) in [4.78, 5) is 48.8. The van der Waals surface area contributed by atoms with E-state index >= 15 is 0 Å². The molecule has 1 aromatic carbocycles. The Balaban J connectivity index is 2.10. The van der Waals surface area contributed by atoms with Gasteiger partial charge in [-0.15, -0.1) is 0 Å². The first-order chi connectivity index (χ1) is 14.2. The number of carboxylic acid groups (broad SMARTS) is 1. The minimum atomic E-state index is -1.38. The average Bonchev–Trinajstić information content (AvgIpc) is 3.16. The summed E-state index contributed by atoms with van der Waals surface area (Å²) in [5.74, 6) is -1.87. The summed E-state index contributed by atoms with van der Waals surface area (Å²) in [5.41, 5.74) is 0.717. The van der Waals surface area contributed by atoms with Gasteiger partial charge in [0.25, 0.3) is 5.91 Å². The highest BCUT2D eigenvalue weighted by Crippen LogP contribution is 2.18. The highest BCUT2D eigenvalue weighted by Gasteiger charge is 2.37. The van der Waals surface area contributed by atoms with Crippen LogP contribution in [0.2, 0.25) is 0 Å². The maximum Gasteiger partial charge on any atom is 0.429 e. The van der Waals surface area contributed by atoms with Gasteiger partial charge in [0.1, 0.15) is 6.04 Å². The summed E-state index contributed by atoms with van der Waals surface area (Å²) in [6, 6.07) is 8.08. The van der Waals surface area contributed by atoms with Crippen molar-refractivity contribution < 1.29 is 29.0 Å². The first-order valence-electron chi connectivity index (χ1n) is 10.0. The molecule has 2 rings (SSSR count). The first-order valence-corrected chi connectivity index (χ1v) is 10.0. The van der Waals surface area contributed by atoms with Crippen molar-refractivity contribution in [2.75, 3.05) is 13.1 Å². The van der Waals surface area contributed by atoms with Crippen molar-refractivity contribution in [1.29, 1.82) is 0 Å². The molecule has 3 amide bonds. The normalized spacial score (nSPS) is 15.6. The number of hydrazine groups is 1. The fourth-order valence-electron chi connectivity index (χ4n) is 3.34. The lowest BCUT2D eigenvalue weighted by molar-refractivity contribution is -0.151. The van der Waals surface area contributed by atoms with Gasteiger partial charge in [-0.1, -0.05) is 44.2 Å². The summed E-state index contributed by atoms with van der Waals surface area (Å²) >= 11 is 0. The number of amides is 3. The van der Waals surface area contributed by atoms with E-state index in [0.717, 1.165) is 10.6 Å². The summed E-state index contributed by atoms with van der Waals surface area (Å²) in [6.45, 7) is 5.71. The van der Waals surface area contributed by atoms with Crippen molar-refractivity contribution in [2.24, 2.45) is 5.92 Å². The molecule has 1 aliphatic rings. The number of nitrogens with one attached hydrogen (secondary N) is 1. The quantitative estimate of drug-likeness (QED) is 0.664. The van der Waals surface area contributed by atoms with Crippen LogP contribution in [0.1, 0.15) is 39.2 Å². The van der Waals surface area contributed by atoms with Crippen LogP contribution in [0.4, 0.5) is 4.79 Å². The van der Waals surface area contributed by atoms with E-state index in [1.165, 1.54) is 11.9 Å². The van der Waals surface area contributed by atoms with Crippen LogP contribution in [0.3, 0.4) is 0 Å². The molecule has 9 nitrogen and oxygen atoms in total. The van der Waals surface area contributed by atoms with Gasteiger partial charge in [-0.25, -0.2) is 19.6 Å². The molecule has 0 spiro atoms. The third kappa shape index (κ3) is 6.47. The Kier molecular flexibility index (Phi) is 8.20. The predicted molar refractivity (Wildman–Crippen MR) is 108 cm³/mol. The van der Waals surface area contributed by atoms with Crippen LogP contribution < -0.4 is 5.32 Å². The van der Waals surface area contributed by atoms with Gasteiger partial charge >= 0.3 is 12.1 Å². The van der Waals surface area contributed by atoms with E-state index in [2.05, 4.69) is 5.32 Å². The van der Waals surface area contributed by atoms with Crippen molar-refractivity contribution in [3.8, 4) is 0 Å². The second-order valence-corrected chi connectivity index (χ2v) is 7.72. The van der Waals surface area contributed by atoms with Crippen LogP contribution in [-0.4, -0.2) is 64.2 Å². The second-order valence-electron chi connectivity index (χ2n) is 7.72. The molecule has 9 heteroatoms. The van der Waals surface area contributed by atoms with Crippen LogP contribution in [0, 0.1) is 5.92 Å². The van der Waals surface area contributed by atoms with Gasteiger partial charge in [0.2, 0.25) is 12.0 Å². The van der Waals surface area contributed by atoms with E-state index in [-0.39, 0.29) is 24.8 Å². The Morgan fingerprint density at radius 2 is 1.73 bits per heavy atom. The summed E-state index contributed by atoms with van der Waals surface area (Å²) in [6.07, 6.45) is -1.30. The van der Waals surface area contributed by atoms with Crippen molar-refractivity contribution in [3.05, 3.63) is 35.9 Å². The van der Waals surface area contributed by atoms with Crippen molar-refractivity contribution in [2.45, 2.75) is 52.2 Å².